The third-order valence-corrected chi connectivity index (χ3v) is 2.45. The summed E-state index contributed by atoms with van der Waals surface area (Å²) in [5, 5.41) is 0. The molecular weight excluding hydrogens is 214 g/mol. The van der Waals surface area contributed by atoms with Crippen LogP contribution >= 0.6 is 0 Å². The molecule has 0 bridgehead atoms. The summed E-state index contributed by atoms with van der Waals surface area (Å²) in [4.78, 5) is 8.21. The standard InChI is InChI=1S/C13H15N3O/c1-2-17-11-5-3-10(4-6-11)13(14)12-9-15-7-8-16-12/h3-9,13H,2,14H2,1H3. The van der Waals surface area contributed by atoms with Gasteiger partial charge in [0, 0.05) is 12.4 Å². The normalized spacial score (nSPS) is 12.1. The van der Waals surface area contributed by atoms with Crippen LogP contribution in [0.15, 0.2) is 42.9 Å². The van der Waals surface area contributed by atoms with Crippen molar-refractivity contribution in [1.29, 1.82) is 0 Å². The molecular formula is C13H15N3O. The fourth-order valence-corrected chi connectivity index (χ4v) is 1.58. The van der Waals surface area contributed by atoms with Crippen molar-refractivity contribution in [2.75, 3.05) is 6.61 Å². The summed E-state index contributed by atoms with van der Waals surface area (Å²) >= 11 is 0. The van der Waals surface area contributed by atoms with Crippen LogP contribution in [-0.2, 0) is 0 Å². The smallest absolute Gasteiger partial charge is 0.119 e. The summed E-state index contributed by atoms with van der Waals surface area (Å²) in [7, 11) is 0. The van der Waals surface area contributed by atoms with Crippen molar-refractivity contribution in [2.45, 2.75) is 13.0 Å². The number of benzene rings is 1. The molecule has 0 radical (unpaired) electrons. The average Bonchev–Trinajstić information content (AvgIpc) is 2.40. The van der Waals surface area contributed by atoms with Crippen molar-refractivity contribution < 1.29 is 4.74 Å². The van der Waals surface area contributed by atoms with E-state index in [1.807, 2.05) is 31.2 Å². The van der Waals surface area contributed by atoms with Gasteiger partial charge in [-0.3, -0.25) is 9.97 Å². The summed E-state index contributed by atoms with van der Waals surface area (Å²) < 4.78 is 5.38. The fourth-order valence-electron chi connectivity index (χ4n) is 1.58. The molecule has 2 N–H and O–H groups in total. The molecule has 1 heterocycles. The molecule has 4 heteroatoms. The van der Waals surface area contributed by atoms with Gasteiger partial charge in [0.2, 0.25) is 0 Å². The Labute approximate surface area is 100 Å². The van der Waals surface area contributed by atoms with Gasteiger partial charge in [-0.15, -0.1) is 0 Å². The second-order valence-electron chi connectivity index (χ2n) is 3.61. The van der Waals surface area contributed by atoms with Gasteiger partial charge in [-0.25, -0.2) is 0 Å². The van der Waals surface area contributed by atoms with E-state index in [9.17, 15) is 0 Å². The van der Waals surface area contributed by atoms with Crippen LogP contribution in [0.2, 0.25) is 0 Å². The first kappa shape index (κ1) is 11.5. The first-order chi connectivity index (χ1) is 8.31. The highest BCUT2D eigenvalue weighted by atomic mass is 16.5. The van der Waals surface area contributed by atoms with E-state index in [0.29, 0.717) is 6.61 Å². The van der Waals surface area contributed by atoms with Gasteiger partial charge in [-0.1, -0.05) is 12.1 Å². The van der Waals surface area contributed by atoms with Gasteiger partial charge in [0.25, 0.3) is 0 Å². The van der Waals surface area contributed by atoms with E-state index in [2.05, 4.69) is 9.97 Å². The monoisotopic (exact) mass is 229 g/mol. The van der Waals surface area contributed by atoms with Crippen molar-refractivity contribution in [3.63, 3.8) is 0 Å². The maximum Gasteiger partial charge on any atom is 0.119 e. The highest BCUT2D eigenvalue weighted by molar-refractivity contribution is 5.32. The molecule has 0 aliphatic carbocycles. The Kier molecular flexibility index (Phi) is 3.67. The minimum Gasteiger partial charge on any atom is -0.494 e. The van der Waals surface area contributed by atoms with E-state index in [-0.39, 0.29) is 6.04 Å². The molecule has 17 heavy (non-hydrogen) atoms. The average molecular weight is 229 g/mol. The molecule has 0 saturated heterocycles. The van der Waals surface area contributed by atoms with Gasteiger partial charge in [-0.2, -0.15) is 0 Å². The first-order valence-corrected chi connectivity index (χ1v) is 5.55. The van der Waals surface area contributed by atoms with Crippen molar-refractivity contribution in [3.8, 4) is 5.75 Å². The van der Waals surface area contributed by atoms with E-state index in [4.69, 9.17) is 10.5 Å². The first-order valence-electron chi connectivity index (χ1n) is 5.55. The summed E-state index contributed by atoms with van der Waals surface area (Å²) in [5.41, 5.74) is 7.85. The van der Waals surface area contributed by atoms with Gasteiger partial charge in [0.05, 0.1) is 24.5 Å². The van der Waals surface area contributed by atoms with Gasteiger partial charge < -0.3 is 10.5 Å². The maximum atomic E-state index is 6.10. The Bertz CT molecular complexity index is 456. The van der Waals surface area contributed by atoms with Crippen LogP contribution in [0.3, 0.4) is 0 Å². The van der Waals surface area contributed by atoms with Crippen LogP contribution in [-0.4, -0.2) is 16.6 Å². The Morgan fingerprint density at radius 2 is 2.00 bits per heavy atom. The van der Waals surface area contributed by atoms with E-state index in [1.165, 1.54) is 0 Å². The molecule has 88 valence electrons. The van der Waals surface area contributed by atoms with Crippen molar-refractivity contribution in [2.24, 2.45) is 5.73 Å². The molecule has 0 saturated carbocycles. The molecule has 2 rings (SSSR count). The molecule has 0 spiro atoms. The Morgan fingerprint density at radius 1 is 1.24 bits per heavy atom. The lowest BCUT2D eigenvalue weighted by Crippen LogP contribution is -2.13. The fraction of sp³-hybridized carbons (Fsp3) is 0.231. The van der Waals surface area contributed by atoms with Crippen LogP contribution in [0.4, 0.5) is 0 Å². The van der Waals surface area contributed by atoms with Crippen LogP contribution < -0.4 is 10.5 Å². The van der Waals surface area contributed by atoms with Gasteiger partial charge >= 0.3 is 0 Å². The minimum absolute atomic E-state index is 0.251. The Balaban J connectivity index is 2.17. The third kappa shape index (κ3) is 2.79. The zero-order valence-corrected chi connectivity index (χ0v) is 9.71. The third-order valence-electron chi connectivity index (χ3n) is 2.45. The molecule has 4 nitrogen and oxygen atoms in total. The lowest BCUT2D eigenvalue weighted by Gasteiger charge is -2.11. The molecule has 1 unspecified atom stereocenters. The van der Waals surface area contributed by atoms with Crippen LogP contribution in [0.5, 0.6) is 5.75 Å². The Hall–Kier alpha value is -1.94. The van der Waals surface area contributed by atoms with Crippen molar-refractivity contribution in [1.82, 2.24) is 9.97 Å². The van der Waals surface area contributed by atoms with Crippen molar-refractivity contribution in [3.05, 3.63) is 54.1 Å². The minimum atomic E-state index is -0.251. The molecule has 0 amide bonds. The predicted octanol–water partition coefficient (Wildman–Crippen LogP) is 1.92. The summed E-state index contributed by atoms with van der Waals surface area (Å²) in [5.74, 6) is 0.850. The van der Waals surface area contributed by atoms with Crippen molar-refractivity contribution >= 4 is 0 Å². The van der Waals surface area contributed by atoms with E-state index in [0.717, 1.165) is 17.0 Å². The van der Waals surface area contributed by atoms with Gasteiger partial charge in [0.15, 0.2) is 0 Å². The van der Waals surface area contributed by atoms with Gasteiger partial charge in [-0.05, 0) is 24.6 Å². The number of nitrogens with zero attached hydrogens (tertiary/aromatic N) is 2. The lowest BCUT2D eigenvalue weighted by molar-refractivity contribution is 0.340. The highest BCUT2D eigenvalue weighted by Gasteiger charge is 2.09. The Morgan fingerprint density at radius 3 is 2.59 bits per heavy atom. The summed E-state index contributed by atoms with van der Waals surface area (Å²) in [6.07, 6.45) is 4.96. The molecule has 1 aromatic carbocycles. The summed E-state index contributed by atoms with van der Waals surface area (Å²) in [6, 6.07) is 7.47. The molecule has 1 aromatic heterocycles. The van der Waals surface area contributed by atoms with Crippen LogP contribution in [0.25, 0.3) is 0 Å². The number of hydrogen-bond donors (Lipinski definition) is 1. The summed E-state index contributed by atoms with van der Waals surface area (Å²) in [6.45, 7) is 2.62. The number of nitrogens with two attached hydrogens (primary N) is 1. The van der Waals surface area contributed by atoms with E-state index < -0.39 is 0 Å². The van der Waals surface area contributed by atoms with Crippen LogP contribution in [0, 0.1) is 0 Å². The highest BCUT2D eigenvalue weighted by Crippen LogP contribution is 2.20. The zero-order chi connectivity index (χ0) is 12.1. The second-order valence-corrected chi connectivity index (χ2v) is 3.61. The van der Waals surface area contributed by atoms with Crippen LogP contribution in [0.1, 0.15) is 24.2 Å². The van der Waals surface area contributed by atoms with E-state index >= 15 is 0 Å². The number of rotatable bonds is 4. The largest absolute Gasteiger partial charge is 0.494 e. The molecule has 0 aliphatic heterocycles. The predicted molar refractivity (Wildman–Crippen MR) is 65.7 cm³/mol. The molecule has 2 aromatic rings. The molecule has 0 aliphatic rings. The number of ether oxygens (including phenoxy) is 1. The molecule has 0 fully saturated rings. The quantitative estimate of drug-likeness (QED) is 0.870. The second kappa shape index (κ2) is 5.41. The number of hydrogen-bond acceptors (Lipinski definition) is 4. The number of aromatic nitrogens is 2. The van der Waals surface area contributed by atoms with Gasteiger partial charge in [0.1, 0.15) is 5.75 Å². The maximum absolute atomic E-state index is 6.10. The molecule has 1 atom stereocenters. The zero-order valence-electron chi connectivity index (χ0n) is 9.71. The lowest BCUT2D eigenvalue weighted by atomic mass is 10.1. The SMILES string of the molecule is CCOc1ccc(C(N)c2cnccn2)cc1. The van der Waals surface area contributed by atoms with E-state index in [1.54, 1.807) is 18.6 Å². The topological polar surface area (TPSA) is 61.0 Å².